The predicted molar refractivity (Wildman–Crippen MR) is 89.6 cm³/mol. The van der Waals surface area contributed by atoms with Gasteiger partial charge < -0.3 is 19.3 Å². The van der Waals surface area contributed by atoms with Crippen LogP contribution in [0.4, 0.5) is 13.2 Å². The van der Waals surface area contributed by atoms with Crippen molar-refractivity contribution in [3.05, 3.63) is 47.5 Å². The summed E-state index contributed by atoms with van der Waals surface area (Å²) in [7, 11) is 1.26. The van der Waals surface area contributed by atoms with Crippen molar-refractivity contribution in [1.29, 1.82) is 0 Å². The molecule has 3 rings (SSSR count). The van der Waals surface area contributed by atoms with Gasteiger partial charge in [0.15, 0.2) is 11.5 Å². The summed E-state index contributed by atoms with van der Waals surface area (Å²) in [5.74, 6) is -0.0993. The zero-order valence-electron chi connectivity index (χ0n) is 14.4. The van der Waals surface area contributed by atoms with Gasteiger partial charge in [-0.25, -0.2) is 0 Å². The SMILES string of the molecule is COc1cc(C(F)(F)F)ccc1Oc1ccc2c(c1)OCC[C@H]2CC(=O)O. The first-order chi connectivity index (χ1) is 12.8. The van der Waals surface area contributed by atoms with Crippen molar-refractivity contribution in [2.24, 2.45) is 0 Å². The van der Waals surface area contributed by atoms with Crippen LogP contribution in [-0.4, -0.2) is 24.8 Å². The van der Waals surface area contributed by atoms with Crippen LogP contribution in [0.25, 0.3) is 0 Å². The molecule has 1 N–H and O–H groups in total. The van der Waals surface area contributed by atoms with E-state index in [1.807, 2.05) is 0 Å². The molecule has 1 aliphatic rings. The van der Waals surface area contributed by atoms with Crippen molar-refractivity contribution >= 4 is 5.97 Å². The number of carbonyl (C=O) groups is 1. The zero-order valence-corrected chi connectivity index (χ0v) is 14.4. The van der Waals surface area contributed by atoms with E-state index in [-0.39, 0.29) is 23.8 Å². The molecule has 0 amide bonds. The predicted octanol–water partition coefficient (Wildman–Crippen LogP) is 4.85. The van der Waals surface area contributed by atoms with Crippen LogP contribution in [0.15, 0.2) is 36.4 Å². The maximum Gasteiger partial charge on any atom is 0.416 e. The third-order valence-electron chi connectivity index (χ3n) is 4.29. The Hall–Kier alpha value is -2.90. The van der Waals surface area contributed by atoms with E-state index in [1.54, 1.807) is 18.2 Å². The summed E-state index contributed by atoms with van der Waals surface area (Å²) in [6.45, 7) is 0.387. The number of rotatable bonds is 5. The number of hydrogen-bond acceptors (Lipinski definition) is 4. The number of halogens is 3. The standard InChI is InChI=1S/C19H17F3O5/c1-25-17-9-12(19(20,21)22)2-5-15(17)27-13-3-4-14-11(8-18(23)24)6-7-26-16(14)10-13/h2-5,9-11H,6-8H2,1H3,(H,23,24)/t11-/m0/s1. The normalized spacial score (nSPS) is 16.2. The highest BCUT2D eigenvalue weighted by atomic mass is 19.4. The van der Waals surface area contributed by atoms with E-state index in [9.17, 15) is 18.0 Å². The smallest absolute Gasteiger partial charge is 0.416 e. The maximum absolute atomic E-state index is 12.8. The number of aliphatic carboxylic acids is 1. The number of ether oxygens (including phenoxy) is 3. The second-order valence-corrected chi connectivity index (χ2v) is 6.10. The van der Waals surface area contributed by atoms with E-state index in [1.165, 1.54) is 13.2 Å². The lowest BCUT2D eigenvalue weighted by Crippen LogP contribution is -2.16. The Morgan fingerprint density at radius 1 is 1.22 bits per heavy atom. The van der Waals surface area contributed by atoms with Crippen LogP contribution in [-0.2, 0) is 11.0 Å². The number of fused-ring (bicyclic) bond motifs is 1. The van der Waals surface area contributed by atoms with Crippen LogP contribution in [0.5, 0.6) is 23.0 Å². The molecule has 0 unspecified atom stereocenters. The first-order valence-electron chi connectivity index (χ1n) is 8.19. The first kappa shape index (κ1) is 18.9. The summed E-state index contributed by atoms with van der Waals surface area (Å²) in [6.07, 6.45) is -3.87. The van der Waals surface area contributed by atoms with Gasteiger partial charge in [-0.3, -0.25) is 4.79 Å². The molecule has 2 aromatic rings. The van der Waals surface area contributed by atoms with Gasteiger partial charge in [-0.1, -0.05) is 6.07 Å². The Labute approximate surface area is 153 Å². The number of hydrogen-bond donors (Lipinski definition) is 1. The van der Waals surface area contributed by atoms with Gasteiger partial charge in [0, 0.05) is 12.0 Å². The third kappa shape index (κ3) is 4.27. The lowest BCUT2D eigenvalue weighted by atomic mass is 9.90. The van der Waals surface area contributed by atoms with Crippen molar-refractivity contribution in [3.8, 4) is 23.0 Å². The van der Waals surface area contributed by atoms with Crippen molar-refractivity contribution < 1.29 is 37.3 Å². The number of carboxylic acid groups (broad SMARTS) is 1. The highest BCUT2D eigenvalue weighted by Gasteiger charge is 2.31. The highest BCUT2D eigenvalue weighted by molar-refractivity contribution is 5.68. The van der Waals surface area contributed by atoms with Gasteiger partial charge in [0.25, 0.3) is 0 Å². The van der Waals surface area contributed by atoms with Crippen LogP contribution in [0.3, 0.4) is 0 Å². The lowest BCUT2D eigenvalue weighted by molar-refractivity contribution is -0.138. The van der Waals surface area contributed by atoms with Gasteiger partial charge in [0.05, 0.1) is 25.7 Å². The molecule has 27 heavy (non-hydrogen) atoms. The first-order valence-corrected chi connectivity index (χ1v) is 8.19. The summed E-state index contributed by atoms with van der Waals surface area (Å²) in [6, 6.07) is 7.91. The quantitative estimate of drug-likeness (QED) is 0.801. The fourth-order valence-electron chi connectivity index (χ4n) is 2.99. The maximum atomic E-state index is 12.8. The second kappa shape index (κ2) is 7.38. The fraction of sp³-hybridized carbons (Fsp3) is 0.316. The van der Waals surface area contributed by atoms with Gasteiger partial charge >= 0.3 is 12.1 Å². The van der Waals surface area contributed by atoms with Crippen LogP contribution in [0.1, 0.15) is 29.9 Å². The molecule has 0 saturated carbocycles. The van der Waals surface area contributed by atoms with Gasteiger partial charge in [-0.2, -0.15) is 13.2 Å². The molecule has 2 aromatic carbocycles. The molecule has 0 bridgehead atoms. The molecule has 8 heteroatoms. The minimum Gasteiger partial charge on any atom is -0.493 e. The monoisotopic (exact) mass is 382 g/mol. The molecule has 0 saturated heterocycles. The summed E-state index contributed by atoms with van der Waals surface area (Å²) in [5, 5.41) is 9.02. The van der Waals surface area contributed by atoms with Crippen molar-refractivity contribution in [3.63, 3.8) is 0 Å². The molecule has 144 valence electrons. The second-order valence-electron chi connectivity index (χ2n) is 6.10. The van der Waals surface area contributed by atoms with Gasteiger partial charge in [-0.05, 0) is 36.2 Å². The summed E-state index contributed by atoms with van der Waals surface area (Å²) >= 11 is 0. The summed E-state index contributed by atoms with van der Waals surface area (Å²) in [5.41, 5.74) is -0.0626. The molecule has 0 aliphatic carbocycles. The van der Waals surface area contributed by atoms with E-state index >= 15 is 0 Å². The number of alkyl halides is 3. The summed E-state index contributed by atoms with van der Waals surface area (Å²) in [4.78, 5) is 11.0. The average Bonchev–Trinajstić information content (AvgIpc) is 2.60. The van der Waals surface area contributed by atoms with E-state index in [2.05, 4.69) is 0 Å². The minimum absolute atomic E-state index is 0.00326. The Bertz CT molecular complexity index is 848. The fourth-order valence-corrected chi connectivity index (χ4v) is 2.99. The molecule has 1 atom stereocenters. The Morgan fingerprint density at radius 2 is 2.00 bits per heavy atom. The lowest BCUT2D eigenvalue weighted by Gasteiger charge is -2.25. The van der Waals surface area contributed by atoms with Crippen LogP contribution < -0.4 is 14.2 Å². The number of methoxy groups -OCH3 is 1. The zero-order chi connectivity index (χ0) is 19.6. The van der Waals surface area contributed by atoms with E-state index in [4.69, 9.17) is 19.3 Å². The molecule has 1 heterocycles. The third-order valence-corrected chi connectivity index (χ3v) is 4.29. The minimum atomic E-state index is -4.48. The van der Waals surface area contributed by atoms with Crippen molar-refractivity contribution in [2.45, 2.75) is 24.9 Å². The number of benzene rings is 2. The molecular formula is C19H17F3O5. The molecule has 0 aromatic heterocycles. The number of carboxylic acids is 1. The Morgan fingerprint density at radius 3 is 2.67 bits per heavy atom. The highest BCUT2D eigenvalue weighted by Crippen LogP contribution is 2.41. The molecule has 5 nitrogen and oxygen atoms in total. The summed E-state index contributed by atoms with van der Waals surface area (Å²) < 4.78 is 54.7. The van der Waals surface area contributed by atoms with Crippen molar-refractivity contribution in [1.82, 2.24) is 0 Å². The van der Waals surface area contributed by atoms with Gasteiger partial charge in [-0.15, -0.1) is 0 Å². The van der Waals surface area contributed by atoms with Gasteiger partial charge in [0.2, 0.25) is 0 Å². The Balaban J connectivity index is 1.85. The molecule has 1 aliphatic heterocycles. The van der Waals surface area contributed by atoms with E-state index < -0.39 is 17.7 Å². The van der Waals surface area contributed by atoms with Gasteiger partial charge in [0.1, 0.15) is 11.5 Å². The van der Waals surface area contributed by atoms with E-state index in [0.29, 0.717) is 24.5 Å². The average molecular weight is 382 g/mol. The molecule has 0 spiro atoms. The topological polar surface area (TPSA) is 65.0 Å². The van der Waals surface area contributed by atoms with Crippen LogP contribution in [0.2, 0.25) is 0 Å². The van der Waals surface area contributed by atoms with Crippen LogP contribution >= 0.6 is 0 Å². The van der Waals surface area contributed by atoms with E-state index in [0.717, 1.165) is 17.7 Å². The Kier molecular flexibility index (Phi) is 5.16. The van der Waals surface area contributed by atoms with Crippen molar-refractivity contribution in [2.75, 3.05) is 13.7 Å². The van der Waals surface area contributed by atoms with Crippen LogP contribution in [0, 0.1) is 0 Å². The largest absolute Gasteiger partial charge is 0.493 e. The molecule has 0 radical (unpaired) electrons. The molecular weight excluding hydrogens is 365 g/mol. The molecule has 0 fully saturated rings.